The molecule has 1 aliphatic rings. The number of H-pyrrole nitrogens is 1. The van der Waals surface area contributed by atoms with Crippen molar-refractivity contribution >= 4 is 22.4 Å². The summed E-state index contributed by atoms with van der Waals surface area (Å²) in [5, 5.41) is 2.44. The van der Waals surface area contributed by atoms with Crippen molar-refractivity contribution in [2.24, 2.45) is 0 Å². The van der Waals surface area contributed by atoms with Gasteiger partial charge >= 0.3 is 0 Å². The third-order valence-corrected chi connectivity index (χ3v) is 4.94. The van der Waals surface area contributed by atoms with E-state index in [1.165, 1.54) is 10.8 Å². The number of piperazine rings is 1. The van der Waals surface area contributed by atoms with Crippen LogP contribution in [0.1, 0.15) is 6.42 Å². The summed E-state index contributed by atoms with van der Waals surface area (Å²) in [6.07, 6.45) is 5.02. The van der Waals surface area contributed by atoms with Crippen molar-refractivity contribution in [1.82, 2.24) is 20.3 Å². The van der Waals surface area contributed by atoms with Gasteiger partial charge in [0.1, 0.15) is 11.6 Å². The highest BCUT2D eigenvalue weighted by Crippen LogP contribution is 2.21. The lowest BCUT2D eigenvalue weighted by Gasteiger charge is -2.35. The van der Waals surface area contributed by atoms with Crippen LogP contribution in [0.25, 0.3) is 10.8 Å². The van der Waals surface area contributed by atoms with Crippen molar-refractivity contribution in [3.8, 4) is 0 Å². The Bertz CT molecular complexity index is 807. The van der Waals surface area contributed by atoms with E-state index in [1.807, 2.05) is 18.5 Å². The fourth-order valence-corrected chi connectivity index (χ4v) is 3.46. The first-order valence-corrected chi connectivity index (χ1v) is 9.33. The zero-order valence-corrected chi connectivity index (χ0v) is 15.0. The number of hydrazine groups is 1. The molecule has 0 spiro atoms. The lowest BCUT2D eigenvalue weighted by molar-refractivity contribution is 0.254. The van der Waals surface area contributed by atoms with Crippen molar-refractivity contribution < 1.29 is 0 Å². The zero-order chi connectivity index (χ0) is 17.6. The number of anilines is 2. The first kappa shape index (κ1) is 16.9. The van der Waals surface area contributed by atoms with Gasteiger partial charge in [-0.25, -0.2) is 10.4 Å². The van der Waals surface area contributed by atoms with Crippen LogP contribution in [0.4, 0.5) is 11.6 Å². The van der Waals surface area contributed by atoms with E-state index >= 15 is 0 Å². The smallest absolute Gasteiger partial charge is 0.128 e. The summed E-state index contributed by atoms with van der Waals surface area (Å²) in [7, 11) is 0. The lowest BCUT2D eigenvalue weighted by Crippen LogP contribution is -2.47. The Hall–Kier alpha value is -2.57. The molecule has 1 aromatic carbocycles. The molecule has 0 unspecified atom stereocenters. The molecule has 0 radical (unpaired) electrons. The lowest BCUT2D eigenvalue weighted by atomic mass is 10.2. The fourth-order valence-electron chi connectivity index (χ4n) is 3.46. The van der Waals surface area contributed by atoms with Gasteiger partial charge < -0.3 is 15.3 Å². The van der Waals surface area contributed by atoms with Gasteiger partial charge in [0, 0.05) is 55.9 Å². The molecule has 6 heteroatoms. The summed E-state index contributed by atoms with van der Waals surface area (Å²) >= 11 is 0. The number of pyridine rings is 1. The van der Waals surface area contributed by atoms with E-state index < -0.39 is 0 Å². The number of nitrogens with zero attached hydrogens (tertiary/aromatic N) is 3. The Balaban J connectivity index is 1.15. The Morgan fingerprint density at radius 3 is 2.69 bits per heavy atom. The average molecular weight is 350 g/mol. The summed E-state index contributed by atoms with van der Waals surface area (Å²) < 4.78 is 0. The number of nitrogens with one attached hydrogen (secondary N) is 3. The van der Waals surface area contributed by atoms with Crippen LogP contribution in [0.5, 0.6) is 0 Å². The third-order valence-electron chi connectivity index (χ3n) is 4.94. The molecule has 0 amide bonds. The summed E-state index contributed by atoms with van der Waals surface area (Å²) in [6.45, 7) is 6.37. The maximum absolute atomic E-state index is 4.45. The molecule has 136 valence electrons. The molecular weight excluding hydrogens is 324 g/mol. The molecule has 26 heavy (non-hydrogen) atoms. The number of hydrogen-bond acceptors (Lipinski definition) is 5. The molecule has 0 saturated carbocycles. The molecule has 2 aromatic heterocycles. The molecule has 0 bridgehead atoms. The molecule has 1 fully saturated rings. The normalized spacial score (nSPS) is 15.5. The number of rotatable bonds is 7. The Morgan fingerprint density at radius 1 is 1.00 bits per heavy atom. The highest BCUT2D eigenvalue weighted by atomic mass is 15.4. The van der Waals surface area contributed by atoms with Gasteiger partial charge in [0.2, 0.25) is 0 Å². The van der Waals surface area contributed by atoms with Gasteiger partial charge in [-0.2, -0.15) is 0 Å². The summed E-state index contributed by atoms with van der Waals surface area (Å²) in [4.78, 5) is 12.6. The van der Waals surface area contributed by atoms with E-state index in [2.05, 4.69) is 67.0 Å². The zero-order valence-electron chi connectivity index (χ0n) is 15.0. The van der Waals surface area contributed by atoms with Gasteiger partial charge in [-0.1, -0.05) is 30.3 Å². The largest absolute Gasteiger partial charge is 0.354 e. The van der Waals surface area contributed by atoms with Gasteiger partial charge in [-0.3, -0.25) is 4.90 Å². The quantitative estimate of drug-likeness (QED) is 0.452. The fraction of sp³-hybridized carbons (Fsp3) is 0.350. The maximum Gasteiger partial charge on any atom is 0.128 e. The van der Waals surface area contributed by atoms with Crippen molar-refractivity contribution in [1.29, 1.82) is 0 Å². The van der Waals surface area contributed by atoms with Gasteiger partial charge in [-0.05, 0) is 25.1 Å². The number of aromatic amines is 1. The molecule has 3 heterocycles. The van der Waals surface area contributed by atoms with E-state index in [0.29, 0.717) is 0 Å². The SMILES string of the molecule is c1ccc(N2CCN(CCCNNc3[nH]cc4ccccc34)CC2)nc1. The Kier molecular flexibility index (Phi) is 5.33. The second-order valence-electron chi connectivity index (χ2n) is 6.67. The third kappa shape index (κ3) is 3.98. The number of benzene rings is 1. The van der Waals surface area contributed by atoms with Crippen LogP contribution < -0.4 is 15.8 Å². The van der Waals surface area contributed by atoms with Gasteiger partial charge in [0.15, 0.2) is 0 Å². The highest BCUT2D eigenvalue weighted by molar-refractivity contribution is 5.92. The highest BCUT2D eigenvalue weighted by Gasteiger charge is 2.17. The van der Waals surface area contributed by atoms with Gasteiger partial charge in [-0.15, -0.1) is 0 Å². The topological polar surface area (TPSA) is 59.2 Å². The van der Waals surface area contributed by atoms with E-state index in [1.54, 1.807) is 0 Å². The summed E-state index contributed by atoms with van der Waals surface area (Å²) in [6, 6.07) is 14.5. The predicted molar refractivity (Wildman–Crippen MR) is 107 cm³/mol. The van der Waals surface area contributed by atoms with Crippen LogP contribution in [-0.2, 0) is 0 Å². The Labute approximate surface area is 154 Å². The summed E-state index contributed by atoms with van der Waals surface area (Å²) in [5.74, 6) is 2.13. The second kappa shape index (κ2) is 8.21. The number of aromatic nitrogens is 2. The van der Waals surface area contributed by atoms with Crippen LogP contribution >= 0.6 is 0 Å². The molecular formula is C20H26N6. The van der Waals surface area contributed by atoms with E-state index in [0.717, 1.165) is 57.3 Å². The summed E-state index contributed by atoms with van der Waals surface area (Å²) in [5.41, 5.74) is 6.62. The number of hydrogen-bond donors (Lipinski definition) is 3. The van der Waals surface area contributed by atoms with E-state index in [9.17, 15) is 0 Å². The second-order valence-corrected chi connectivity index (χ2v) is 6.67. The van der Waals surface area contributed by atoms with Crippen molar-refractivity contribution in [3.05, 3.63) is 54.9 Å². The number of fused-ring (bicyclic) bond motifs is 1. The van der Waals surface area contributed by atoms with Gasteiger partial charge in [0.25, 0.3) is 0 Å². The average Bonchev–Trinajstić information content (AvgIpc) is 3.12. The minimum atomic E-state index is 0.938. The standard InChI is InChI=1S/C20H26N6/c1-2-7-18-17(6-1)16-22-20(18)24-23-10-5-11-25-12-14-26(15-13-25)19-8-3-4-9-21-19/h1-4,6-9,16,22-24H,5,10-15H2. The Morgan fingerprint density at radius 2 is 1.85 bits per heavy atom. The van der Waals surface area contributed by atoms with Gasteiger partial charge in [0.05, 0.1) is 0 Å². The van der Waals surface area contributed by atoms with Crippen LogP contribution in [0, 0.1) is 0 Å². The molecule has 4 rings (SSSR count). The van der Waals surface area contributed by atoms with Crippen molar-refractivity contribution in [3.63, 3.8) is 0 Å². The molecule has 0 atom stereocenters. The molecule has 6 nitrogen and oxygen atoms in total. The van der Waals surface area contributed by atoms with E-state index in [4.69, 9.17) is 0 Å². The molecule has 1 aliphatic heterocycles. The van der Waals surface area contributed by atoms with Crippen molar-refractivity contribution in [2.45, 2.75) is 6.42 Å². The van der Waals surface area contributed by atoms with Crippen molar-refractivity contribution in [2.75, 3.05) is 49.6 Å². The minimum absolute atomic E-state index is 0.938. The van der Waals surface area contributed by atoms with Crippen LogP contribution in [0.15, 0.2) is 54.9 Å². The van der Waals surface area contributed by atoms with Crippen LogP contribution in [0.2, 0.25) is 0 Å². The van der Waals surface area contributed by atoms with E-state index in [-0.39, 0.29) is 0 Å². The maximum atomic E-state index is 4.45. The van der Waals surface area contributed by atoms with Crippen LogP contribution in [-0.4, -0.2) is 54.1 Å². The molecule has 1 saturated heterocycles. The molecule has 3 aromatic rings. The monoisotopic (exact) mass is 350 g/mol. The first-order chi connectivity index (χ1) is 12.9. The first-order valence-electron chi connectivity index (χ1n) is 9.33. The molecule has 3 N–H and O–H groups in total. The molecule has 0 aliphatic carbocycles. The van der Waals surface area contributed by atoms with Crippen LogP contribution in [0.3, 0.4) is 0 Å². The minimum Gasteiger partial charge on any atom is -0.354 e. The predicted octanol–water partition coefficient (Wildman–Crippen LogP) is 2.69.